The number of nitrogens with zero attached hydrogens (tertiary/aromatic N) is 4. The first-order valence-corrected chi connectivity index (χ1v) is 13.1. The molecule has 8 heteroatoms. The summed E-state index contributed by atoms with van der Waals surface area (Å²) in [5.74, 6) is 0.249. The number of benzene rings is 1. The van der Waals surface area contributed by atoms with Gasteiger partial charge < -0.3 is 20.0 Å². The van der Waals surface area contributed by atoms with E-state index in [-0.39, 0.29) is 29.7 Å². The minimum absolute atomic E-state index is 0.0186. The van der Waals surface area contributed by atoms with Gasteiger partial charge in [0.05, 0.1) is 5.92 Å². The fraction of sp³-hybridized carbons (Fsp3) is 0.667. The van der Waals surface area contributed by atoms with Crippen LogP contribution in [0.25, 0.3) is 0 Å². The van der Waals surface area contributed by atoms with Crippen molar-refractivity contribution in [2.75, 3.05) is 60.4 Å². The first kappa shape index (κ1) is 25.6. The van der Waals surface area contributed by atoms with Gasteiger partial charge in [0.25, 0.3) is 5.91 Å². The van der Waals surface area contributed by atoms with Gasteiger partial charge >= 0.3 is 6.03 Å². The molecular weight excluding hydrogens is 442 g/mol. The Labute approximate surface area is 209 Å². The lowest BCUT2D eigenvalue weighted by atomic mass is 9.74. The van der Waals surface area contributed by atoms with Crippen LogP contribution in [0.5, 0.6) is 0 Å². The molecule has 1 aromatic carbocycles. The third kappa shape index (κ3) is 5.70. The van der Waals surface area contributed by atoms with E-state index in [4.69, 9.17) is 0 Å². The van der Waals surface area contributed by atoms with Gasteiger partial charge in [0.2, 0.25) is 5.91 Å². The zero-order chi connectivity index (χ0) is 25.0. The number of piperidine rings is 2. The number of nitrogens with one attached hydrogen (secondary N) is 1. The molecule has 0 saturated carbocycles. The molecule has 0 radical (unpaired) electrons. The molecule has 4 rings (SSSR count). The Morgan fingerprint density at radius 1 is 1.09 bits per heavy atom. The second-order valence-electron chi connectivity index (χ2n) is 10.8. The van der Waals surface area contributed by atoms with E-state index in [1.165, 1.54) is 4.90 Å². The standard InChI is InChI=1S/C27H41N5O3/c1-29(2)18-19-32-25(34)27(28-26(32)35,14-11-21-8-5-4-6-9-21)23-12-16-31(17-13-23)24(33)22-10-7-15-30(3)20-22/h4-6,8-9,22-23H,7,10-20H2,1-3H3,(H,28,35)/t22-,27-/m0/s1. The molecule has 4 amide bonds. The maximum atomic E-state index is 13.8. The van der Waals surface area contributed by atoms with Crippen molar-refractivity contribution in [2.24, 2.45) is 11.8 Å². The van der Waals surface area contributed by atoms with Gasteiger partial charge in [-0.2, -0.15) is 0 Å². The smallest absolute Gasteiger partial charge is 0.325 e. The number of imide groups is 1. The Hall–Kier alpha value is -2.45. The highest BCUT2D eigenvalue weighted by atomic mass is 16.2. The Bertz CT molecular complexity index is 899. The van der Waals surface area contributed by atoms with Gasteiger partial charge in [-0.25, -0.2) is 4.79 Å². The van der Waals surface area contributed by atoms with Crippen LogP contribution in [-0.4, -0.2) is 103 Å². The topological polar surface area (TPSA) is 76.2 Å². The van der Waals surface area contributed by atoms with Crippen molar-refractivity contribution >= 4 is 17.8 Å². The number of urea groups is 1. The van der Waals surface area contributed by atoms with E-state index in [1.54, 1.807) is 0 Å². The van der Waals surface area contributed by atoms with Crippen molar-refractivity contribution in [3.63, 3.8) is 0 Å². The molecule has 0 bridgehead atoms. The van der Waals surface area contributed by atoms with E-state index in [0.29, 0.717) is 32.6 Å². The summed E-state index contributed by atoms with van der Waals surface area (Å²) in [6.45, 7) is 4.21. The molecule has 0 unspecified atom stereocenters. The number of rotatable bonds is 8. The van der Waals surface area contributed by atoms with Crippen LogP contribution in [0.3, 0.4) is 0 Å². The molecule has 8 nitrogen and oxygen atoms in total. The molecule has 3 aliphatic heterocycles. The second-order valence-corrected chi connectivity index (χ2v) is 10.8. The summed E-state index contributed by atoms with van der Waals surface area (Å²) >= 11 is 0. The molecule has 3 heterocycles. The molecule has 0 spiro atoms. The molecule has 1 aromatic rings. The third-order valence-electron chi connectivity index (χ3n) is 8.10. The highest BCUT2D eigenvalue weighted by Crippen LogP contribution is 2.37. The highest BCUT2D eigenvalue weighted by Gasteiger charge is 2.55. The number of carbonyl (C=O) groups is 3. The lowest BCUT2D eigenvalue weighted by molar-refractivity contribution is -0.140. The molecular formula is C27H41N5O3. The molecule has 3 fully saturated rings. The van der Waals surface area contributed by atoms with Gasteiger partial charge in [-0.15, -0.1) is 0 Å². The fourth-order valence-electron chi connectivity index (χ4n) is 6.00. The maximum Gasteiger partial charge on any atom is 0.325 e. The summed E-state index contributed by atoms with van der Waals surface area (Å²) in [6, 6.07) is 9.86. The summed E-state index contributed by atoms with van der Waals surface area (Å²) in [5, 5.41) is 3.15. The maximum absolute atomic E-state index is 13.8. The van der Waals surface area contributed by atoms with E-state index in [9.17, 15) is 14.4 Å². The summed E-state index contributed by atoms with van der Waals surface area (Å²) < 4.78 is 0. The van der Waals surface area contributed by atoms with E-state index >= 15 is 0 Å². The van der Waals surface area contributed by atoms with Gasteiger partial charge in [-0.05, 0) is 77.7 Å². The monoisotopic (exact) mass is 483 g/mol. The number of likely N-dealkylation sites (tertiary alicyclic amines) is 2. The van der Waals surface area contributed by atoms with E-state index < -0.39 is 5.54 Å². The summed E-state index contributed by atoms with van der Waals surface area (Å²) in [6.07, 6.45) is 4.79. The molecule has 0 aliphatic carbocycles. The van der Waals surface area contributed by atoms with E-state index in [0.717, 1.165) is 50.8 Å². The molecule has 3 saturated heterocycles. The van der Waals surface area contributed by atoms with Crippen molar-refractivity contribution in [1.29, 1.82) is 0 Å². The van der Waals surface area contributed by atoms with Crippen LogP contribution in [0.4, 0.5) is 4.79 Å². The molecule has 35 heavy (non-hydrogen) atoms. The average Bonchev–Trinajstić information content (AvgIpc) is 3.11. The molecule has 192 valence electrons. The quantitative estimate of drug-likeness (QED) is 0.573. The van der Waals surface area contributed by atoms with Crippen LogP contribution >= 0.6 is 0 Å². The molecule has 0 aromatic heterocycles. The average molecular weight is 484 g/mol. The summed E-state index contributed by atoms with van der Waals surface area (Å²) in [4.78, 5) is 47.6. The third-order valence-corrected chi connectivity index (χ3v) is 8.10. The zero-order valence-electron chi connectivity index (χ0n) is 21.5. The van der Waals surface area contributed by atoms with Gasteiger partial charge in [0.15, 0.2) is 0 Å². The second kappa shape index (κ2) is 11.1. The van der Waals surface area contributed by atoms with Gasteiger partial charge in [0, 0.05) is 32.7 Å². The normalized spacial score (nSPS) is 26.5. The number of carbonyl (C=O) groups excluding carboxylic acids is 3. The van der Waals surface area contributed by atoms with Crippen molar-refractivity contribution in [2.45, 2.75) is 44.1 Å². The SMILES string of the molecule is CN(C)CCN1C(=O)N[C@@](CCc2ccccc2)(C2CCN(C(=O)[C@H]3CCCN(C)C3)CC2)C1=O. The van der Waals surface area contributed by atoms with Crippen LogP contribution in [0, 0.1) is 11.8 Å². The first-order valence-electron chi connectivity index (χ1n) is 13.1. The zero-order valence-corrected chi connectivity index (χ0v) is 21.5. The van der Waals surface area contributed by atoms with Gasteiger partial charge in [-0.1, -0.05) is 30.3 Å². The lowest BCUT2D eigenvalue weighted by Gasteiger charge is -2.42. The lowest BCUT2D eigenvalue weighted by Crippen LogP contribution is -2.57. The minimum Gasteiger partial charge on any atom is -0.342 e. The van der Waals surface area contributed by atoms with Crippen molar-refractivity contribution in [3.8, 4) is 0 Å². The van der Waals surface area contributed by atoms with E-state index in [2.05, 4.69) is 29.4 Å². The number of hydrogen-bond acceptors (Lipinski definition) is 5. The predicted octanol–water partition coefficient (Wildman–Crippen LogP) is 2.05. The number of likely N-dealkylation sites (N-methyl/N-ethyl adjacent to an activating group) is 1. The number of hydrogen-bond donors (Lipinski definition) is 1. The Kier molecular flexibility index (Phi) is 8.12. The summed E-state index contributed by atoms with van der Waals surface area (Å²) in [5.41, 5.74) is 0.258. The van der Waals surface area contributed by atoms with Crippen molar-refractivity contribution in [3.05, 3.63) is 35.9 Å². The van der Waals surface area contributed by atoms with Crippen molar-refractivity contribution < 1.29 is 14.4 Å². The number of amides is 4. The Balaban J connectivity index is 1.47. The van der Waals surface area contributed by atoms with Crippen LogP contribution in [-0.2, 0) is 16.0 Å². The predicted molar refractivity (Wildman–Crippen MR) is 136 cm³/mol. The minimum atomic E-state index is -0.903. The van der Waals surface area contributed by atoms with Crippen LogP contribution in [0.2, 0.25) is 0 Å². The summed E-state index contributed by atoms with van der Waals surface area (Å²) in [7, 11) is 5.97. The molecule has 3 aliphatic rings. The van der Waals surface area contributed by atoms with E-state index in [1.807, 2.05) is 42.1 Å². The molecule has 2 atom stereocenters. The van der Waals surface area contributed by atoms with Crippen molar-refractivity contribution in [1.82, 2.24) is 24.9 Å². The fourth-order valence-corrected chi connectivity index (χ4v) is 6.00. The first-order chi connectivity index (χ1) is 16.8. The van der Waals surface area contributed by atoms with Crippen LogP contribution < -0.4 is 5.32 Å². The Morgan fingerprint density at radius 2 is 1.80 bits per heavy atom. The largest absolute Gasteiger partial charge is 0.342 e. The van der Waals surface area contributed by atoms with Gasteiger partial charge in [0.1, 0.15) is 5.54 Å². The number of aryl methyl sites for hydroxylation is 1. The van der Waals surface area contributed by atoms with Crippen LogP contribution in [0.1, 0.15) is 37.7 Å². The highest BCUT2D eigenvalue weighted by molar-refractivity contribution is 6.07. The molecule has 1 N–H and O–H groups in total. The Morgan fingerprint density at radius 3 is 2.46 bits per heavy atom. The van der Waals surface area contributed by atoms with Crippen LogP contribution in [0.15, 0.2) is 30.3 Å². The van der Waals surface area contributed by atoms with Gasteiger partial charge in [-0.3, -0.25) is 14.5 Å².